The third-order valence-corrected chi connectivity index (χ3v) is 4.83. The van der Waals surface area contributed by atoms with Crippen LogP contribution in [-0.2, 0) is 4.79 Å². The molecule has 1 aromatic carbocycles. The molecule has 2 aromatic heterocycles. The van der Waals surface area contributed by atoms with Crippen molar-refractivity contribution in [1.82, 2.24) is 20.2 Å². The second-order valence-corrected chi connectivity index (χ2v) is 7.40. The van der Waals surface area contributed by atoms with E-state index in [4.69, 9.17) is 11.6 Å². The molecule has 0 bridgehead atoms. The Morgan fingerprint density at radius 1 is 1.30 bits per heavy atom. The molecule has 0 radical (unpaired) electrons. The molecule has 1 unspecified atom stereocenters. The fourth-order valence-corrected chi connectivity index (χ4v) is 3.12. The predicted octanol–water partition coefficient (Wildman–Crippen LogP) is 2.67. The molecule has 30 heavy (non-hydrogen) atoms. The first-order valence-electron chi connectivity index (χ1n) is 9.43. The van der Waals surface area contributed by atoms with E-state index in [1.165, 1.54) is 17.0 Å². The maximum absolute atomic E-state index is 12.1. The van der Waals surface area contributed by atoms with Crippen molar-refractivity contribution in [2.45, 2.75) is 19.4 Å². The Morgan fingerprint density at radius 2 is 2.03 bits per heavy atom. The van der Waals surface area contributed by atoms with Gasteiger partial charge in [-0.15, -0.1) is 0 Å². The van der Waals surface area contributed by atoms with Crippen LogP contribution >= 0.6 is 11.6 Å². The molecule has 1 fully saturated rings. The number of nitrogens with zero attached hydrogens (tertiary/aromatic N) is 2. The highest BCUT2D eigenvalue weighted by Crippen LogP contribution is 2.16. The maximum Gasteiger partial charge on any atom is 0.268 e. The van der Waals surface area contributed by atoms with Gasteiger partial charge in [-0.3, -0.25) is 9.59 Å². The Bertz CT molecular complexity index is 1020. The molecule has 0 spiro atoms. The number of hydrogen-bond donors (Lipinski definition) is 3. The van der Waals surface area contributed by atoms with Gasteiger partial charge in [-0.25, -0.2) is 9.37 Å². The zero-order chi connectivity index (χ0) is 21.7. The highest BCUT2D eigenvalue weighted by atomic mass is 35.5. The number of pyridine rings is 1. The van der Waals surface area contributed by atoms with E-state index in [1.54, 1.807) is 30.3 Å². The van der Waals surface area contributed by atoms with Gasteiger partial charge in [0.05, 0.1) is 12.6 Å². The molecule has 158 valence electrons. The summed E-state index contributed by atoms with van der Waals surface area (Å²) in [5.74, 6) is -0.764. The molecule has 7 nitrogen and oxygen atoms in total. The lowest BCUT2D eigenvalue weighted by molar-refractivity contribution is -0.129. The van der Waals surface area contributed by atoms with Crippen LogP contribution in [-0.4, -0.2) is 57.5 Å². The van der Waals surface area contributed by atoms with Crippen molar-refractivity contribution < 1.29 is 19.1 Å². The predicted molar refractivity (Wildman–Crippen MR) is 112 cm³/mol. The summed E-state index contributed by atoms with van der Waals surface area (Å²) < 4.78 is 12.1. The highest BCUT2D eigenvalue weighted by molar-refractivity contribution is 6.29. The van der Waals surface area contributed by atoms with Gasteiger partial charge in [0, 0.05) is 18.5 Å². The van der Waals surface area contributed by atoms with Gasteiger partial charge < -0.3 is 20.3 Å². The summed E-state index contributed by atoms with van der Waals surface area (Å²) in [6.07, 6.45) is 0.109. The summed E-state index contributed by atoms with van der Waals surface area (Å²) in [5, 5.41) is 13.1. The molecule has 3 aromatic rings. The van der Waals surface area contributed by atoms with E-state index in [0.717, 1.165) is 10.9 Å². The van der Waals surface area contributed by atoms with Crippen LogP contribution in [0.4, 0.5) is 4.39 Å². The molecule has 9 heteroatoms. The number of aryl methyl sites for hydroxylation is 1. The normalized spacial score (nSPS) is 15.6. The minimum atomic E-state index is -0.468. The van der Waals surface area contributed by atoms with Crippen LogP contribution in [0.3, 0.4) is 0 Å². The first-order valence-corrected chi connectivity index (χ1v) is 9.81. The first-order chi connectivity index (χ1) is 14.3. The number of nitrogens with one attached hydrogen (secondary N) is 2. The minimum Gasteiger partial charge on any atom is -0.391 e. The average molecular weight is 433 g/mol. The number of fused-ring (bicyclic) bond motifs is 1. The molecule has 3 N–H and O–H groups in total. The van der Waals surface area contributed by atoms with Crippen LogP contribution in [0.25, 0.3) is 11.0 Å². The molecule has 3 heterocycles. The third kappa shape index (κ3) is 5.77. The molecule has 0 aliphatic carbocycles. The average Bonchev–Trinajstić information content (AvgIpc) is 3.34. The SMILES string of the molecule is Cc1ccc(F)cc1.O=C(NCC(=O)N1CCC(O)C1)c1cc2ccc(Cl)nc2[nH]1. The van der Waals surface area contributed by atoms with Crippen LogP contribution in [0.2, 0.25) is 5.15 Å². The monoisotopic (exact) mass is 432 g/mol. The zero-order valence-electron chi connectivity index (χ0n) is 16.4. The zero-order valence-corrected chi connectivity index (χ0v) is 17.1. The number of hydrogen-bond acceptors (Lipinski definition) is 4. The highest BCUT2D eigenvalue weighted by Gasteiger charge is 2.24. The Hall–Kier alpha value is -2.97. The van der Waals surface area contributed by atoms with Gasteiger partial charge in [0.1, 0.15) is 22.3 Å². The van der Waals surface area contributed by atoms with Crippen molar-refractivity contribution in [2.75, 3.05) is 19.6 Å². The van der Waals surface area contributed by atoms with Crippen LogP contribution in [0.5, 0.6) is 0 Å². The molecular weight excluding hydrogens is 411 g/mol. The third-order valence-electron chi connectivity index (χ3n) is 4.62. The van der Waals surface area contributed by atoms with E-state index in [1.807, 2.05) is 6.92 Å². The minimum absolute atomic E-state index is 0.102. The smallest absolute Gasteiger partial charge is 0.268 e. The standard InChI is InChI=1S/C14H15ClN4O3.C7H7F/c15-11-2-1-8-5-10(17-13(8)18-11)14(22)16-6-12(21)19-4-3-9(20)7-19;1-6-2-4-7(8)5-3-6/h1-2,5,9,20H,3-4,6-7H2,(H,16,22)(H,17,18);2-5H,1H3. The van der Waals surface area contributed by atoms with E-state index < -0.39 is 6.10 Å². The van der Waals surface area contributed by atoms with Gasteiger partial charge in [0.15, 0.2) is 0 Å². The second kappa shape index (κ2) is 9.69. The van der Waals surface area contributed by atoms with Crippen molar-refractivity contribution in [3.63, 3.8) is 0 Å². The van der Waals surface area contributed by atoms with E-state index in [2.05, 4.69) is 15.3 Å². The quantitative estimate of drug-likeness (QED) is 0.554. The first kappa shape index (κ1) is 21.7. The number of aliphatic hydroxyl groups is 1. The molecule has 4 rings (SSSR count). The fourth-order valence-electron chi connectivity index (χ4n) is 2.97. The van der Waals surface area contributed by atoms with Gasteiger partial charge in [0.25, 0.3) is 5.91 Å². The topological polar surface area (TPSA) is 98.3 Å². The molecule has 1 aliphatic heterocycles. The number of aromatic amines is 1. The summed E-state index contributed by atoms with van der Waals surface area (Å²) in [7, 11) is 0. The number of β-amino-alcohol motifs (C(OH)–C–C–N with tert-alkyl or cyclic N) is 1. The van der Waals surface area contributed by atoms with Crippen LogP contribution in [0.1, 0.15) is 22.5 Å². The number of likely N-dealkylation sites (tertiary alicyclic amines) is 1. The number of aliphatic hydroxyl groups excluding tert-OH is 1. The van der Waals surface area contributed by atoms with Gasteiger partial charge in [-0.1, -0.05) is 29.3 Å². The van der Waals surface area contributed by atoms with E-state index in [0.29, 0.717) is 36.0 Å². The lowest BCUT2D eigenvalue weighted by atomic mass is 10.2. The van der Waals surface area contributed by atoms with Gasteiger partial charge >= 0.3 is 0 Å². The van der Waals surface area contributed by atoms with Crippen molar-refractivity contribution in [1.29, 1.82) is 0 Å². The van der Waals surface area contributed by atoms with E-state index in [-0.39, 0.29) is 24.2 Å². The Kier molecular flexibility index (Phi) is 7.02. The number of carbonyl (C=O) groups excluding carboxylic acids is 2. The number of halogens is 2. The molecular formula is C21H22ClFN4O3. The Morgan fingerprint density at radius 3 is 2.67 bits per heavy atom. The van der Waals surface area contributed by atoms with Crippen molar-refractivity contribution in [2.24, 2.45) is 0 Å². The number of H-pyrrole nitrogens is 1. The molecule has 2 amide bonds. The van der Waals surface area contributed by atoms with Crippen LogP contribution in [0, 0.1) is 12.7 Å². The summed E-state index contributed by atoms with van der Waals surface area (Å²) in [6.45, 7) is 2.67. The van der Waals surface area contributed by atoms with E-state index >= 15 is 0 Å². The van der Waals surface area contributed by atoms with Gasteiger partial charge in [-0.2, -0.15) is 0 Å². The fraction of sp³-hybridized carbons (Fsp3) is 0.286. The number of amides is 2. The Balaban J connectivity index is 0.000000269. The second-order valence-electron chi connectivity index (χ2n) is 7.02. The summed E-state index contributed by atoms with van der Waals surface area (Å²) in [4.78, 5) is 32.4. The number of benzene rings is 1. The van der Waals surface area contributed by atoms with Crippen molar-refractivity contribution >= 4 is 34.4 Å². The van der Waals surface area contributed by atoms with Crippen molar-refractivity contribution in [3.8, 4) is 0 Å². The molecule has 1 saturated heterocycles. The Labute approximate surface area is 177 Å². The number of aromatic nitrogens is 2. The van der Waals surface area contributed by atoms with E-state index in [9.17, 15) is 19.1 Å². The van der Waals surface area contributed by atoms with Crippen LogP contribution in [0.15, 0.2) is 42.5 Å². The van der Waals surface area contributed by atoms with Crippen molar-refractivity contribution in [3.05, 3.63) is 64.7 Å². The lowest BCUT2D eigenvalue weighted by Crippen LogP contribution is -2.39. The number of rotatable bonds is 3. The maximum atomic E-state index is 12.1. The molecule has 1 aliphatic rings. The molecule has 1 atom stereocenters. The van der Waals surface area contributed by atoms with Gasteiger partial charge in [-0.05, 0) is 43.7 Å². The van der Waals surface area contributed by atoms with Gasteiger partial charge in [0.2, 0.25) is 5.91 Å². The lowest BCUT2D eigenvalue weighted by Gasteiger charge is -2.15. The molecule has 0 saturated carbocycles. The summed E-state index contributed by atoms with van der Waals surface area (Å²) in [6, 6.07) is 11.4. The summed E-state index contributed by atoms with van der Waals surface area (Å²) >= 11 is 5.79. The van der Waals surface area contributed by atoms with Crippen LogP contribution < -0.4 is 5.32 Å². The number of carbonyl (C=O) groups is 2. The summed E-state index contributed by atoms with van der Waals surface area (Å²) in [5.41, 5.74) is 1.93. The largest absolute Gasteiger partial charge is 0.391 e.